The van der Waals surface area contributed by atoms with E-state index in [0.717, 1.165) is 116 Å². The summed E-state index contributed by atoms with van der Waals surface area (Å²) >= 11 is 0. The number of carbonyl (C=O) groups excluding carboxylic acids is 3. The van der Waals surface area contributed by atoms with Crippen molar-refractivity contribution in [1.29, 1.82) is 0 Å². The first-order chi connectivity index (χ1) is 38.5. The van der Waals surface area contributed by atoms with Crippen LogP contribution in [0.4, 0.5) is 0 Å². The summed E-state index contributed by atoms with van der Waals surface area (Å²) in [6.45, 7) is 6.47. The highest BCUT2D eigenvalue weighted by Crippen LogP contribution is 2.17. The monoisotopic (exact) mass is 1080 g/mol. The Labute approximate surface area is 483 Å². The number of carbonyl (C=O) groups is 3. The highest BCUT2D eigenvalue weighted by atomic mass is 16.6. The average Bonchev–Trinajstić information content (AvgIpc) is 3.44. The second-order valence-corrected chi connectivity index (χ2v) is 22.0. The van der Waals surface area contributed by atoms with E-state index in [2.05, 4.69) is 118 Å². The molecule has 1 atom stereocenters. The Morgan fingerprint density at radius 2 is 0.513 bits per heavy atom. The second kappa shape index (κ2) is 65.8. The summed E-state index contributed by atoms with van der Waals surface area (Å²) in [4.78, 5) is 38.3. The molecule has 0 saturated carbocycles. The summed E-state index contributed by atoms with van der Waals surface area (Å²) in [5, 5.41) is 0. The first-order valence-corrected chi connectivity index (χ1v) is 33.2. The van der Waals surface area contributed by atoms with Crippen LogP contribution in [0, 0.1) is 0 Å². The number of ether oxygens (including phenoxy) is 3. The van der Waals surface area contributed by atoms with Gasteiger partial charge >= 0.3 is 17.9 Å². The van der Waals surface area contributed by atoms with Crippen molar-refractivity contribution < 1.29 is 28.6 Å². The first kappa shape index (κ1) is 74.3. The fourth-order valence-corrected chi connectivity index (χ4v) is 9.31. The van der Waals surface area contributed by atoms with E-state index in [1.165, 1.54) is 167 Å². The van der Waals surface area contributed by atoms with Gasteiger partial charge in [-0.1, -0.05) is 285 Å². The molecule has 0 N–H and O–H groups in total. The van der Waals surface area contributed by atoms with Crippen LogP contribution in [0.25, 0.3) is 0 Å². The summed E-state index contributed by atoms with van der Waals surface area (Å²) in [6, 6.07) is 0. The smallest absolute Gasteiger partial charge is 0.306 e. The molecule has 0 fully saturated rings. The van der Waals surface area contributed by atoms with Crippen LogP contribution in [0.1, 0.15) is 323 Å². The molecule has 0 radical (unpaired) electrons. The Morgan fingerprint density at radius 3 is 0.821 bits per heavy atom. The van der Waals surface area contributed by atoms with Gasteiger partial charge in [-0.05, 0) is 116 Å². The lowest BCUT2D eigenvalue weighted by atomic mass is 10.0. The van der Waals surface area contributed by atoms with E-state index in [1.54, 1.807) is 0 Å². The highest BCUT2D eigenvalue weighted by molar-refractivity contribution is 5.71. The van der Waals surface area contributed by atoms with Gasteiger partial charge in [0.05, 0.1) is 0 Å². The van der Waals surface area contributed by atoms with E-state index < -0.39 is 6.10 Å². The third kappa shape index (κ3) is 63.2. The molecular formula is C72H124O6. The molecule has 448 valence electrons. The van der Waals surface area contributed by atoms with E-state index >= 15 is 0 Å². The van der Waals surface area contributed by atoms with Crippen molar-refractivity contribution in [2.24, 2.45) is 0 Å². The van der Waals surface area contributed by atoms with E-state index in [1.807, 2.05) is 0 Å². The van der Waals surface area contributed by atoms with Crippen LogP contribution < -0.4 is 0 Å². The van der Waals surface area contributed by atoms with Crippen molar-refractivity contribution in [3.63, 3.8) is 0 Å². The second-order valence-electron chi connectivity index (χ2n) is 22.0. The molecule has 6 heteroatoms. The minimum Gasteiger partial charge on any atom is -0.462 e. The number of hydrogen-bond acceptors (Lipinski definition) is 6. The fourth-order valence-electron chi connectivity index (χ4n) is 9.31. The zero-order chi connectivity index (χ0) is 56.4. The summed E-state index contributed by atoms with van der Waals surface area (Å²) in [6.07, 6.45) is 88.5. The molecule has 0 aromatic carbocycles. The normalized spacial score (nSPS) is 12.7. The number of esters is 3. The third-order valence-corrected chi connectivity index (χ3v) is 14.3. The molecule has 0 spiro atoms. The Morgan fingerprint density at radius 1 is 0.269 bits per heavy atom. The maximum Gasteiger partial charge on any atom is 0.306 e. The molecule has 0 heterocycles. The van der Waals surface area contributed by atoms with Gasteiger partial charge in [-0.2, -0.15) is 0 Å². The molecule has 78 heavy (non-hydrogen) atoms. The van der Waals surface area contributed by atoms with Gasteiger partial charge in [0, 0.05) is 19.3 Å². The van der Waals surface area contributed by atoms with Gasteiger partial charge in [0.2, 0.25) is 0 Å². The van der Waals surface area contributed by atoms with Crippen LogP contribution in [0.3, 0.4) is 0 Å². The highest BCUT2D eigenvalue weighted by Gasteiger charge is 2.19. The molecule has 1 unspecified atom stereocenters. The predicted molar refractivity (Wildman–Crippen MR) is 339 cm³/mol. The molecule has 0 amide bonds. The van der Waals surface area contributed by atoms with Gasteiger partial charge in [-0.15, -0.1) is 0 Å². The molecule has 0 aliphatic carbocycles. The molecule has 0 bridgehead atoms. The largest absolute Gasteiger partial charge is 0.462 e. The molecule has 0 aliphatic rings. The van der Waals surface area contributed by atoms with Gasteiger partial charge in [0.1, 0.15) is 13.2 Å². The minimum absolute atomic E-state index is 0.0832. The lowest BCUT2D eigenvalue weighted by Gasteiger charge is -2.18. The standard InChI is InChI=1S/C72H124O6/c1-4-7-10-13-16-19-22-25-28-30-31-32-33-34-35-36-37-38-39-40-41-43-44-47-50-53-56-59-62-65-71(74)77-68-69(67-76-70(73)64-61-58-55-52-49-46-27-24-21-18-15-12-9-6-3)78-72(75)66-63-60-57-54-51-48-45-42-29-26-23-20-17-14-11-8-5-2/h7,10,15-20,24-29,31-32,69H,4-6,8-9,11-14,21-23,30,33-68H2,1-3H3/b10-7-,18-15-,19-16-,20-17-,27-24-,28-25-,29-26-,32-31-. The lowest BCUT2D eigenvalue weighted by molar-refractivity contribution is -0.167. The molecule has 0 saturated heterocycles. The van der Waals surface area contributed by atoms with Crippen molar-refractivity contribution in [1.82, 2.24) is 0 Å². The number of hydrogen-bond donors (Lipinski definition) is 0. The molecule has 0 aromatic heterocycles. The van der Waals surface area contributed by atoms with Gasteiger partial charge in [-0.25, -0.2) is 0 Å². The van der Waals surface area contributed by atoms with E-state index in [-0.39, 0.29) is 31.1 Å². The predicted octanol–water partition coefficient (Wildman–Crippen LogP) is 22.8. The summed E-state index contributed by atoms with van der Waals surface area (Å²) in [7, 11) is 0. The SMILES string of the molecule is CC/C=C\C/C=C\C/C=C\C/C=C\CCCCCCCCCCCCCCCCCCC(=O)OCC(COC(=O)CCCCCCC/C=C\C/C=C\CCCC)OC(=O)CCCCCCCCC/C=C\C/C=C\CCCCC. The third-order valence-electron chi connectivity index (χ3n) is 14.3. The van der Waals surface area contributed by atoms with Crippen LogP contribution in [0.2, 0.25) is 0 Å². The van der Waals surface area contributed by atoms with Gasteiger partial charge < -0.3 is 14.2 Å². The molecular weight excluding hydrogens is 961 g/mol. The van der Waals surface area contributed by atoms with Crippen LogP contribution in [0.5, 0.6) is 0 Å². The van der Waals surface area contributed by atoms with Crippen LogP contribution >= 0.6 is 0 Å². The minimum atomic E-state index is -0.788. The molecule has 6 nitrogen and oxygen atoms in total. The Kier molecular flexibility index (Phi) is 62.7. The van der Waals surface area contributed by atoms with Crippen LogP contribution in [-0.2, 0) is 28.6 Å². The van der Waals surface area contributed by atoms with Crippen LogP contribution in [-0.4, -0.2) is 37.2 Å². The number of unbranched alkanes of at least 4 members (excludes halogenated alkanes) is 33. The first-order valence-electron chi connectivity index (χ1n) is 33.2. The summed E-state index contributed by atoms with van der Waals surface area (Å²) < 4.78 is 16.9. The lowest BCUT2D eigenvalue weighted by Crippen LogP contribution is -2.30. The van der Waals surface area contributed by atoms with Gasteiger partial charge in [0.25, 0.3) is 0 Å². The maximum absolute atomic E-state index is 12.9. The zero-order valence-corrected chi connectivity index (χ0v) is 51.4. The Balaban J connectivity index is 4.26. The topological polar surface area (TPSA) is 78.9 Å². The summed E-state index contributed by atoms with van der Waals surface area (Å²) in [5.74, 6) is -0.893. The molecule has 0 rings (SSSR count). The van der Waals surface area contributed by atoms with Crippen molar-refractivity contribution in [3.8, 4) is 0 Å². The van der Waals surface area contributed by atoms with Crippen molar-refractivity contribution in [2.75, 3.05) is 13.2 Å². The Hall–Kier alpha value is -3.67. The van der Waals surface area contributed by atoms with Gasteiger partial charge in [-0.3, -0.25) is 14.4 Å². The quantitative estimate of drug-likeness (QED) is 0.0261. The fraction of sp³-hybridized carbons (Fsp3) is 0.736. The van der Waals surface area contributed by atoms with E-state index in [0.29, 0.717) is 19.3 Å². The number of rotatable bonds is 60. The molecule has 0 aliphatic heterocycles. The van der Waals surface area contributed by atoms with E-state index in [9.17, 15) is 14.4 Å². The Bertz CT molecular complexity index is 1530. The van der Waals surface area contributed by atoms with E-state index in [4.69, 9.17) is 14.2 Å². The van der Waals surface area contributed by atoms with Crippen molar-refractivity contribution in [2.45, 2.75) is 329 Å². The average molecular weight is 1090 g/mol. The van der Waals surface area contributed by atoms with Crippen molar-refractivity contribution in [3.05, 3.63) is 97.2 Å². The van der Waals surface area contributed by atoms with Crippen LogP contribution in [0.15, 0.2) is 97.2 Å². The summed E-state index contributed by atoms with van der Waals surface area (Å²) in [5.41, 5.74) is 0. The maximum atomic E-state index is 12.9. The zero-order valence-electron chi connectivity index (χ0n) is 51.4. The van der Waals surface area contributed by atoms with Gasteiger partial charge in [0.15, 0.2) is 6.10 Å². The van der Waals surface area contributed by atoms with Crippen molar-refractivity contribution >= 4 is 17.9 Å². The number of allylic oxidation sites excluding steroid dienone is 16. The molecule has 0 aromatic rings.